The molecule has 0 aromatic rings. The largest absolute Gasteiger partial charge is 0.477 e. The molecular weight excluding hydrogens is 182 g/mol. The molecule has 2 rings (SSSR count). The fourth-order valence-corrected chi connectivity index (χ4v) is 1.29. The van der Waals surface area contributed by atoms with Gasteiger partial charge < -0.3 is 9.84 Å². The zero-order chi connectivity index (χ0) is 9.97. The standard InChI is InChI=1S/C10H13NO3/c12-10(13)9-4-3-8(5-11-9)14-6-7-1-2-7/h3-4,7-8H,1-2,5-6H2,(H,12,13). The molecule has 2 aliphatic rings. The number of hydrogen-bond donors (Lipinski definition) is 1. The summed E-state index contributed by atoms with van der Waals surface area (Å²) in [5, 5.41) is 8.63. The van der Waals surface area contributed by atoms with Gasteiger partial charge in [-0.25, -0.2) is 4.79 Å². The van der Waals surface area contributed by atoms with Crippen LogP contribution in [-0.2, 0) is 9.53 Å². The smallest absolute Gasteiger partial charge is 0.354 e. The van der Waals surface area contributed by atoms with E-state index in [-0.39, 0.29) is 11.8 Å². The van der Waals surface area contributed by atoms with Gasteiger partial charge in [-0.05, 0) is 24.8 Å². The number of carboxylic acid groups (broad SMARTS) is 1. The second-order valence-electron chi connectivity index (χ2n) is 3.71. The first-order valence-electron chi connectivity index (χ1n) is 4.83. The topological polar surface area (TPSA) is 58.9 Å². The highest BCUT2D eigenvalue weighted by molar-refractivity contribution is 6.40. The zero-order valence-corrected chi connectivity index (χ0v) is 7.85. The minimum absolute atomic E-state index is 0.0290. The molecule has 0 saturated heterocycles. The van der Waals surface area contributed by atoms with E-state index in [2.05, 4.69) is 4.99 Å². The van der Waals surface area contributed by atoms with Crippen LogP contribution in [0.2, 0.25) is 0 Å². The van der Waals surface area contributed by atoms with E-state index < -0.39 is 5.97 Å². The van der Waals surface area contributed by atoms with Gasteiger partial charge in [-0.2, -0.15) is 0 Å². The minimum Gasteiger partial charge on any atom is -0.477 e. The van der Waals surface area contributed by atoms with Crippen molar-refractivity contribution < 1.29 is 14.6 Å². The second-order valence-corrected chi connectivity index (χ2v) is 3.71. The van der Waals surface area contributed by atoms with Crippen LogP contribution in [0.25, 0.3) is 0 Å². The van der Waals surface area contributed by atoms with Crippen molar-refractivity contribution in [1.29, 1.82) is 0 Å². The SMILES string of the molecule is O=C(O)C1=NCC(OCC2CC2)C=C1. The number of aliphatic carboxylic acids is 1. The summed E-state index contributed by atoms with van der Waals surface area (Å²) >= 11 is 0. The highest BCUT2D eigenvalue weighted by atomic mass is 16.5. The Morgan fingerprint density at radius 1 is 1.64 bits per heavy atom. The Balaban J connectivity index is 1.77. The molecule has 1 aliphatic carbocycles. The zero-order valence-electron chi connectivity index (χ0n) is 7.85. The van der Waals surface area contributed by atoms with Crippen LogP contribution >= 0.6 is 0 Å². The molecule has 1 saturated carbocycles. The van der Waals surface area contributed by atoms with E-state index in [1.165, 1.54) is 18.9 Å². The van der Waals surface area contributed by atoms with E-state index in [1.807, 2.05) is 0 Å². The first-order chi connectivity index (χ1) is 6.75. The van der Waals surface area contributed by atoms with Gasteiger partial charge in [0.15, 0.2) is 0 Å². The van der Waals surface area contributed by atoms with Crippen LogP contribution in [0.4, 0.5) is 0 Å². The van der Waals surface area contributed by atoms with Crippen LogP contribution in [0.1, 0.15) is 12.8 Å². The number of dihydropyridines is 1. The second kappa shape index (κ2) is 3.92. The molecule has 1 fully saturated rings. The van der Waals surface area contributed by atoms with Crippen molar-refractivity contribution in [2.24, 2.45) is 10.9 Å². The Morgan fingerprint density at radius 2 is 2.43 bits per heavy atom. The van der Waals surface area contributed by atoms with E-state index in [0.717, 1.165) is 12.5 Å². The van der Waals surface area contributed by atoms with Gasteiger partial charge in [-0.1, -0.05) is 6.08 Å². The van der Waals surface area contributed by atoms with Crippen LogP contribution in [0.3, 0.4) is 0 Å². The van der Waals surface area contributed by atoms with Gasteiger partial charge in [0.2, 0.25) is 0 Å². The predicted molar refractivity (Wildman–Crippen MR) is 51.5 cm³/mol. The Hall–Kier alpha value is -1.16. The molecule has 0 amide bonds. The maximum Gasteiger partial charge on any atom is 0.354 e. The van der Waals surface area contributed by atoms with E-state index in [9.17, 15) is 4.79 Å². The van der Waals surface area contributed by atoms with Gasteiger partial charge in [0.25, 0.3) is 0 Å². The number of nitrogens with zero attached hydrogens (tertiary/aromatic N) is 1. The molecule has 0 aromatic carbocycles. The molecule has 0 aromatic heterocycles. The summed E-state index contributed by atoms with van der Waals surface area (Å²) in [4.78, 5) is 14.4. The lowest BCUT2D eigenvalue weighted by Crippen LogP contribution is -2.23. The Labute approximate surface area is 82.3 Å². The average Bonchev–Trinajstić information content (AvgIpc) is 2.99. The first-order valence-corrected chi connectivity index (χ1v) is 4.83. The van der Waals surface area contributed by atoms with Crippen molar-refractivity contribution in [2.45, 2.75) is 18.9 Å². The van der Waals surface area contributed by atoms with Crippen LogP contribution in [0.5, 0.6) is 0 Å². The maximum absolute atomic E-state index is 10.5. The number of carbonyl (C=O) groups is 1. The van der Waals surface area contributed by atoms with Crippen LogP contribution < -0.4 is 0 Å². The molecule has 0 bridgehead atoms. The van der Waals surface area contributed by atoms with Crippen molar-refractivity contribution in [2.75, 3.05) is 13.2 Å². The number of aliphatic imine (C=N–C) groups is 1. The minimum atomic E-state index is -0.970. The molecule has 4 heteroatoms. The third kappa shape index (κ3) is 2.42. The van der Waals surface area contributed by atoms with Crippen LogP contribution in [0.15, 0.2) is 17.1 Å². The summed E-state index contributed by atoms with van der Waals surface area (Å²) in [6.45, 7) is 1.22. The van der Waals surface area contributed by atoms with E-state index in [1.54, 1.807) is 6.08 Å². The van der Waals surface area contributed by atoms with Gasteiger partial charge in [0.05, 0.1) is 19.3 Å². The van der Waals surface area contributed by atoms with Gasteiger partial charge >= 0.3 is 5.97 Å². The lowest BCUT2D eigenvalue weighted by molar-refractivity contribution is -0.129. The summed E-state index contributed by atoms with van der Waals surface area (Å²) in [5.74, 6) is -0.241. The lowest BCUT2D eigenvalue weighted by atomic mass is 10.2. The van der Waals surface area contributed by atoms with Gasteiger partial charge in [-0.3, -0.25) is 4.99 Å². The van der Waals surface area contributed by atoms with Crippen LogP contribution in [-0.4, -0.2) is 36.0 Å². The van der Waals surface area contributed by atoms with E-state index >= 15 is 0 Å². The fraction of sp³-hybridized carbons (Fsp3) is 0.600. The van der Waals surface area contributed by atoms with E-state index in [0.29, 0.717) is 6.54 Å². The molecule has 1 heterocycles. The van der Waals surface area contributed by atoms with Gasteiger partial charge in [0, 0.05) is 0 Å². The Kier molecular flexibility index (Phi) is 2.63. The normalized spacial score (nSPS) is 26.0. The summed E-state index contributed by atoms with van der Waals surface area (Å²) in [7, 11) is 0. The number of rotatable bonds is 4. The highest BCUT2D eigenvalue weighted by Gasteiger charge is 2.23. The Morgan fingerprint density at radius 3 is 2.93 bits per heavy atom. The van der Waals surface area contributed by atoms with Gasteiger partial charge in [-0.15, -0.1) is 0 Å². The monoisotopic (exact) mass is 195 g/mol. The van der Waals surface area contributed by atoms with E-state index in [4.69, 9.17) is 9.84 Å². The molecule has 0 spiro atoms. The van der Waals surface area contributed by atoms with Crippen molar-refractivity contribution in [3.63, 3.8) is 0 Å². The van der Waals surface area contributed by atoms with Crippen molar-refractivity contribution >= 4 is 11.7 Å². The molecule has 14 heavy (non-hydrogen) atoms. The Bertz CT molecular complexity index is 292. The number of hydrogen-bond acceptors (Lipinski definition) is 3. The lowest BCUT2D eigenvalue weighted by Gasteiger charge is -2.14. The number of carboxylic acids is 1. The third-order valence-electron chi connectivity index (χ3n) is 2.37. The third-order valence-corrected chi connectivity index (χ3v) is 2.37. The molecule has 76 valence electrons. The molecule has 1 aliphatic heterocycles. The molecule has 1 N–H and O–H groups in total. The summed E-state index contributed by atoms with van der Waals surface area (Å²) in [6.07, 6.45) is 5.79. The van der Waals surface area contributed by atoms with Crippen molar-refractivity contribution in [3.8, 4) is 0 Å². The number of ether oxygens (including phenoxy) is 1. The highest BCUT2D eigenvalue weighted by Crippen LogP contribution is 2.29. The molecular formula is C10H13NO3. The molecule has 0 radical (unpaired) electrons. The van der Waals surface area contributed by atoms with Gasteiger partial charge in [0.1, 0.15) is 5.71 Å². The summed E-state index contributed by atoms with van der Waals surface area (Å²) in [5.41, 5.74) is 0.122. The average molecular weight is 195 g/mol. The summed E-state index contributed by atoms with van der Waals surface area (Å²) < 4.78 is 5.55. The predicted octanol–water partition coefficient (Wildman–Crippen LogP) is 0.877. The molecule has 1 unspecified atom stereocenters. The summed E-state index contributed by atoms with van der Waals surface area (Å²) in [6, 6.07) is 0. The van der Waals surface area contributed by atoms with Crippen molar-refractivity contribution in [3.05, 3.63) is 12.2 Å². The molecule has 1 atom stereocenters. The van der Waals surface area contributed by atoms with Crippen LogP contribution in [0, 0.1) is 5.92 Å². The quantitative estimate of drug-likeness (QED) is 0.724. The van der Waals surface area contributed by atoms with Crippen molar-refractivity contribution in [1.82, 2.24) is 0 Å². The first kappa shape index (κ1) is 9.40. The molecule has 4 nitrogen and oxygen atoms in total. The fourth-order valence-electron chi connectivity index (χ4n) is 1.29. The maximum atomic E-state index is 10.5.